The molecule has 2 unspecified atom stereocenters. The summed E-state index contributed by atoms with van der Waals surface area (Å²) in [6.45, 7) is 0. The Kier molecular flexibility index (Phi) is 4.37. The first kappa shape index (κ1) is 13.8. The molecular formula is C14H22N4O. The van der Waals surface area contributed by atoms with Crippen LogP contribution in [-0.2, 0) is 4.79 Å². The van der Waals surface area contributed by atoms with E-state index in [1.807, 2.05) is 31.1 Å². The van der Waals surface area contributed by atoms with E-state index in [2.05, 4.69) is 10.3 Å². The van der Waals surface area contributed by atoms with Gasteiger partial charge in [-0.3, -0.25) is 4.79 Å². The fraction of sp³-hybridized carbons (Fsp3) is 0.571. The Morgan fingerprint density at radius 3 is 2.84 bits per heavy atom. The van der Waals surface area contributed by atoms with Gasteiger partial charge in [-0.05, 0) is 25.0 Å². The van der Waals surface area contributed by atoms with Crippen LogP contribution >= 0.6 is 0 Å². The van der Waals surface area contributed by atoms with Gasteiger partial charge in [0, 0.05) is 26.3 Å². The van der Waals surface area contributed by atoms with E-state index in [-0.39, 0.29) is 17.9 Å². The molecule has 1 saturated carbocycles. The quantitative estimate of drug-likeness (QED) is 0.868. The van der Waals surface area contributed by atoms with Crippen LogP contribution in [0.4, 0.5) is 11.5 Å². The number of nitrogens with two attached hydrogens (primary N) is 1. The number of nitrogens with one attached hydrogen (secondary N) is 1. The molecule has 1 aromatic heterocycles. The lowest BCUT2D eigenvalue weighted by Crippen LogP contribution is -2.40. The molecule has 1 amide bonds. The molecule has 19 heavy (non-hydrogen) atoms. The van der Waals surface area contributed by atoms with E-state index in [1.165, 1.54) is 0 Å². The first-order valence-electron chi connectivity index (χ1n) is 6.78. The molecule has 0 radical (unpaired) electrons. The lowest BCUT2D eigenvalue weighted by molar-refractivity contribution is -0.121. The number of anilines is 2. The van der Waals surface area contributed by atoms with Crippen LogP contribution in [0.2, 0.25) is 0 Å². The molecule has 2 atom stereocenters. The third-order valence-corrected chi connectivity index (χ3v) is 3.62. The van der Waals surface area contributed by atoms with Crippen molar-refractivity contribution in [3.05, 3.63) is 18.3 Å². The third-order valence-electron chi connectivity index (χ3n) is 3.62. The first-order valence-corrected chi connectivity index (χ1v) is 6.78. The molecule has 1 fully saturated rings. The highest BCUT2D eigenvalue weighted by atomic mass is 16.1. The summed E-state index contributed by atoms with van der Waals surface area (Å²) >= 11 is 0. The predicted octanol–water partition coefficient (Wildman–Crippen LogP) is 1.60. The van der Waals surface area contributed by atoms with Gasteiger partial charge in [-0.25, -0.2) is 4.98 Å². The lowest BCUT2D eigenvalue weighted by Gasteiger charge is -2.28. The van der Waals surface area contributed by atoms with Gasteiger partial charge < -0.3 is 16.0 Å². The molecule has 0 aromatic carbocycles. The molecule has 1 aliphatic carbocycles. The zero-order valence-corrected chi connectivity index (χ0v) is 11.6. The van der Waals surface area contributed by atoms with Crippen molar-refractivity contribution in [2.45, 2.75) is 31.7 Å². The Balaban J connectivity index is 2.10. The van der Waals surface area contributed by atoms with Crippen LogP contribution in [-0.4, -0.2) is 31.0 Å². The van der Waals surface area contributed by atoms with Crippen molar-refractivity contribution in [2.75, 3.05) is 24.3 Å². The van der Waals surface area contributed by atoms with Gasteiger partial charge in [-0.1, -0.05) is 12.8 Å². The van der Waals surface area contributed by atoms with Crippen LogP contribution in [0.1, 0.15) is 25.7 Å². The molecule has 1 aliphatic rings. The largest absolute Gasteiger partial charge is 0.361 e. The standard InChI is InChI=1S/C14H22N4O/c1-18(2)13-12(8-5-9-16-13)17-14(19)10-6-3-4-7-11(10)15/h5,8-11H,3-4,6-7,15H2,1-2H3,(H,17,19). The van der Waals surface area contributed by atoms with Crippen LogP contribution in [0.3, 0.4) is 0 Å². The number of amides is 1. The monoisotopic (exact) mass is 262 g/mol. The van der Waals surface area contributed by atoms with Crippen molar-refractivity contribution in [3.8, 4) is 0 Å². The van der Waals surface area contributed by atoms with E-state index in [1.54, 1.807) is 6.20 Å². The Hall–Kier alpha value is -1.62. The van der Waals surface area contributed by atoms with Gasteiger partial charge in [0.05, 0.1) is 11.6 Å². The maximum Gasteiger partial charge on any atom is 0.229 e. The molecule has 0 spiro atoms. The van der Waals surface area contributed by atoms with E-state index in [4.69, 9.17) is 5.73 Å². The molecule has 0 aliphatic heterocycles. The molecule has 2 rings (SSSR count). The van der Waals surface area contributed by atoms with Crippen LogP contribution in [0.25, 0.3) is 0 Å². The Morgan fingerprint density at radius 1 is 1.42 bits per heavy atom. The highest BCUT2D eigenvalue weighted by Gasteiger charge is 2.28. The summed E-state index contributed by atoms with van der Waals surface area (Å²) in [7, 11) is 3.81. The van der Waals surface area contributed by atoms with Crippen molar-refractivity contribution in [1.29, 1.82) is 0 Å². The molecule has 1 heterocycles. The van der Waals surface area contributed by atoms with Gasteiger partial charge in [-0.2, -0.15) is 0 Å². The van der Waals surface area contributed by atoms with Crippen molar-refractivity contribution < 1.29 is 4.79 Å². The molecule has 5 nitrogen and oxygen atoms in total. The van der Waals surface area contributed by atoms with E-state index in [9.17, 15) is 4.79 Å². The summed E-state index contributed by atoms with van der Waals surface area (Å²) in [5.74, 6) is 0.701. The normalized spacial score (nSPS) is 22.9. The van der Waals surface area contributed by atoms with Gasteiger partial charge in [0.25, 0.3) is 0 Å². The number of carbonyl (C=O) groups excluding carboxylic acids is 1. The van der Waals surface area contributed by atoms with Crippen LogP contribution in [0, 0.1) is 5.92 Å². The number of hydrogen-bond acceptors (Lipinski definition) is 4. The lowest BCUT2D eigenvalue weighted by atomic mass is 9.84. The van der Waals surface area contributed by atoms with E-state index in [0.29, 0.717) is 0 Å². The molecule has 1 aromatic rings. The topological polar surface area (TPSA) is 71.2 Å². The highest BCUT2D eigenvalue weighted by molar-refractivity contribution is 5.95. The van der Waals surface area contributed by atoms with Crippen molar-refractivity contribution in [1.82, 2.24) is 4.98 Å². The molecule has 5 heteroatoms. The van der Waals surface area contributed by atoms with E-state index in [0.717, 1.165) is 37.2 Å². The molecule has 3 N–H and O–H groups in total. The van der Waals surface area contributed by atoms with Gasteiger partial charge in [-0.15, -0.1) is 0 Å². The number of rotatable bonds is 3. The maximum absolute atomic E-state index is 12.3. The zero-order valence-electron chi connectivity index (χ0n) is 11.6. The van der Waals surface area contributed by atoms with Gasteiger partial charge >= 0.3 is 0 Å². The first-order chi connectivity index (χ1) is 9.09. The van der Waals surface area contributed by atoms with Crippen LogP contribution in [0.5, 0.6) is 0 Å². The second-order valence-electron chi connectivity index (χ2n) is 5.31. The highest BCUT2D eigenvalue weighted by Crippen LogP contribution is 2.26. The number of hydrogen-bond donors (Lipinski definition) is 2. The molecule has 0 bridgehead atoms. The van der Waals surface area contributed by atoms with Crippen LogP contribution in [0.15, 0.2) is 18.3 Å². The fourth-order valence-corrected chi connectivity index (χ4v) is 2.56. The summed E-state index contributed by atoms with van der Waals surface area (Å²) in [5.41, 5.74) is 6.79. The van der Waals surface area contributed by atoms with E-state index >= 15 is 0 Å². The van der Waals surface area contributed by atoms with Crippen molar-refractivity contribution >= 4 is 17.4 Å². The average molecular weight is 262 g/mol. The number of carbonyl (C=O) groups is 1. The van der Waals surface area contributed by atoms with Crippen molar-refractivity contribution in [3.63, 3.8) is 0 Å². The summed E-state index contributed by atoms with van der Waals surface area (Å²) in [4.78, 5) is 18.5. The minimum atomic E-state index is -0.0797. The smallest absolute Gasteiger partial charge is 0.229 e. The SMILES string of the molecule is CN(C)c1ncccc1NC(=O)C1CCCCC1N. The fourth-order valence-electron chi connectivity index (χ4n) is 2.56. The summed E-state index contributed by atoms with van der Waals surface area (Å²) in [5, 5.41) is 2.97. The summed E-state index contributed by atoms with van der Waals surface area (Å²) in [6.07, 6.45) is 5.74. The van der Waals surface area contributed by atoms with Gasteiger partial charge in [0.1, 0.15) is 0 Å². The number of nitrogens with zero attached hydrogens (tertiary/aromatic N) is 2. The zero-order chi connectivity index (χ0) is 13.8. The summed E-state index contributed by atoms with van der Waals surface area (Å²) in [6, 6.07) is 3.67. The maximum atomic E-state index is 12.3. The number of aromatic nitrogens is 1. The van der Waals surface area contributed by atoms with E-state index < -0.39 is 0 Å². The summed E-state index contributed by atoms with van der Waals surface area (Å²) < 4.78 is 0. The molecule has 104 valence electrons. The van der Waals surface area contributed by atoms with Gasteiger partial charge in [0.15, 0.2) is 5.82 Å². The van der Waals surface area contributed by atoms with Crippen LogP contribution < -0.4 is 16.0 Å². The minimum Gasteiger partial charge on any atom is -0.361 e. The third kappa shape index (κ3) is 3.23. The molecular weight excluding hydrogens is 240 g/mol. The van der Waals surface area contributed by atoms with Gasteiger partial charge in [0.2, 0.25) is 5.91 Å². The molecule has 0 saturated heterocycles. The van der Waals surface area contributed by atoms with Crippen molar-refractivity contribution in [2.24, 2.45) is 11.7 Å². The minimum absolute atomic E-state index is 0.0169. The Labute approximate surface area is 114 Å². The predicted molar refractivity (Wildman–Crippen MR) is 77.1 cm³/mol. The number of pyridine rings is 1. The Morgan fingerprint density at radius 2 is 2.16 bits per heavy atom. The second kappa shape index (κ2) is 6.02. The average Bonchev–Trinajstić information content (AvgIpc) is 2.39. The Bertz CT molecular complexity index is 447. The second-order valence-corrected chi connectivity index (χ2v) is 5.31.